The largest absolute Gasteiger partial charge is 0.462 e. The Morgan fingerprint density at radius 3 is 0.602 bits per heavy atom. The molecule has 0 N–H and O–H groups in total. The molecule has 0 saturated heterocycles. The summed E-state index contributed by atoms with van der Waals surface area (Å²) in [6, 6.07) is 0. The summed E-state index contributed by atoms with van der Waals surface area (Å²) in [5.74, 6) is -0.847. The summed E-state index contributed by atoms with van der Waals surface area (Å²) in [4.78, 5) is 38.1. The Labute approximate surface area is 520 Å². The van der Waals surface area contributed by atoms with Crippen molar-refractivity contribution in [1.29, 1.82) is 0 Å². The molecule has 0 aromatic rings. The van der Waals surface area contributed by atoms with Gasteiger partial charge in [0.2, 0.25) is 0 Å². The van der Waals surface area contributed by atoms with E-state index in [1.54, 1.807) is 0 Å². The van der Waals surface area contributed by atoms with Crippen molar-refractivity contribution in [2.24, 2.45) is 0 Å². The van der Waals surface area contributed by atoms with Crippen LogP contribution < -0.4 is 0 Å². The molecule has 0 fully saturated rings. The maximum absolute atomic E-state index is 12.9. The van der Waals surface area contributed by atoms with Crippen molar-refractivity contribution in [3.05, 3.63) is 12.2 Å². The first-order valence-electron chi connectivity index (χ1n) is 38.2. The smallest absolute Gasteiger partial charge is 0.306 e. The van der Waals surface area contributed by atoms with Crippen LogP contribution in [0, 0.1) is 0 Å². The maximum atomic E-state index is 12.9. The summed E-state index contributed by atoms with van der Waals surface area (Å²) in [7, 11) is 0. The van der Waals surface area contributed by atoms with Crippen LogP contribution in [0.2, 0.25) is 0 Å². The quantitative estimate of drug-likeness (QED) is 0.0261. The first-order valence-corrected chi connectivity index (χ1v) is 38.2. The number of unbranched alkanes of at least 4 members (excludes halogenated alkanes) is 59. The lowest BCUT2D eigenvalue weighted by molar-refractivity contribution is -0.167. The Kier molecular flexibility index (Phi) is 71.0. The molecular weight excluding hydrogens is 1020 g/mol. The minimum atomic E-state index is -0.764. The molecule has 0 bridgehead atoms. The van der Waals surface area contributed by atoms with E-state index >= 15 is 0 Å². The highest BCUT2D eigenvalue weighted by Gasteiger charge is 2.20. The van der Waals surface area contributed by atoms with Gasteiger partial charge in [0.1, 0.15) is 13.2 Å². The lowest BCUT2D eigenvalue weighted by Crippen LogP contribution is -2.30. The zero-order chi connectivity index (χ0) is 59.9. The molecule has 0 aromatic heterocycles. The van der Waals surface area contributed by atoms with Gasteiger partial charge in [-0.25, -0.2) is 0 Å². The number of allylic oxidation sites excluding steroid dienone is 2. The Morgan fingerprint density at radius 2 is 0.398 bits per heavy atom. The van der Waals surface area contributed by atoms with Crippen LogP contribution in [-0.2, 0) is 28.6 Å². The van der Waals surface area contributed by atoms with Crippen molar-refractivity contribution in [3.8, 4) is 0 Å². The van der Waals surface area contributed by atoms with E-state index in [-0.39, 0.29) is 31.1 Å². The van der Waals surface area contributed by atoms with Crippen LogP contribution in [0.4, 0.5) is 0 Å². The molecule has 0 aliphatic rings. The highest BCUT2D eigenvalue weighted by molar-refractivity contribution is 5.71. The van der Waals surface area contributed by atoms with Crippen LogP contribution >= 0.6 is 0 Å². The van der Waals surface area contributed by atoms with Crippen LogP contribution in [-0.4, -0.2) is 37.2 Å². The number of hydrogen-bond donors (Lipinski definition) is 0. The molecule has 0 radical (unpaired) electrons. The lowest BCUT2D eigenvalue weighted by atomic mass is 10.0. The molecule has 0 aliphatic carbocycles. The van der Waals surface area contributed by atoms with E-state index in [2.05, 4.69) is 32.9 Å². The normalized spacial score (nSPS) is 12.0. The number of carbonyl (C=O) groups is 3. The third-order valence-corrected chi connectivity index (χ3v) is 17.8. The third kappa shape index (κ3) is 70.8. The van der Waals surface area contributed by atoms with Crippen molar-refractivity contribution in [2.45, 2.75) is 451 Å². The molecule has 1 atom stereocenters. The minimum Gasteiger partial charge on any atom is -0.462 e. The Hall–Kier alpha value is -1.85. The second-order valence-corrected chi connectivity index (χ2v) is 26.3. The second-order valence-electron chi connectivity index (χ2n) is 26.3. The molecule has 0 aromatic carbocycles. The van der Waals surface area contributed by atoms with Gasteiger partial charge in [0.15, 0.2) is 6.10 Å². The van der Waals surface area contributed by atoms with Crippen LogP contribution in [0.1, 0.15) is 445 Å². The Bertz CT molecular complexity index is 1300. The molecule has 0 rings (SSSR count). The zero-order valence-electron chi connectivity index (χ0n) is 56.8. The van der Waals surface area contributed by atoms with Crippen molar-refractivity contribution in [3.63, 3.8) is 0 Å². The van der Waals surface area contributed by atoms with Gasteiger partial charge >= 0.3 is 17.9 Å². The second kappa shape index (κ2) is 72.6. The van der Waals surface area contributed by atoms with Crippen LogP contribution in [0.25, 0.3) is 0 Å². The molecule has 0 aliphatic heterocycles. The summed E-state index contributed by atoms with van der Waals surface area (Å²) in [6.07, 6.45) is 89.1. The van der Waals surface area contributed by atoms with Crippen LogP contribution in [0.5, 0.6) is 0 Å². The Morgan fingerprint density at radius 1 is 0.229 bits per heavy atom. The fourth-order valence-electron chi connectivity index (χ4n) is 12.0. The van der Waals surface area contributed by atoms with Gasteiger partial charge in [-0.2, -0.15) is 0 Å². The van der Waals surface area contributed by atoms with Crippen molar-refractivity contribution < 1.29 is 28.6 Å². The fourth-order valence-corrected chi connectivity index (χ4v) is 12.0. The van der Waals surface area contributed by atoms with Gasteiger partial charge in [0.25, 0.3) is 0 Å². The highest BCUT2D eigenvalue weighted by Crippen LogP contribution is 2.20. The maximum Gasteiger partial charge on any atom is 0.306 e. The Balaban J connectivity index is 3.84. The molecular formula is C77H148O6. The van der Waals surface area contributed by atoms with Gasteiger partial charge in [0.05, 0.1) is 0 Å². The fraction of sp³-hybridized carbons (Fsp3) is 0.935. The predicted octanol–water partition coefficient (Wildman–Crippen LogP) is 26.3. The van der Waals surface area contributed by atoms with E-state index in [1.165, 1.54) is 340 Å². The summed E-state index contributed by atoms with van der Waals surface area (Å²) in [6.45, 7) is 6.64. The average molecular weight is 1170 g/mol. The predicted molar refractivity (Wildman–Crippen MR) is 363 cm³/mol. The van der Waals surface area contributed by atoms with E-state index in [9.17, 15) is 14.4 Å². The standard InChI is InChI=1S/C77H148O6/c1-4-7-10-13-15-17-19-21-23-25-27-29-31-33-34-35-36-37-38-39-40-41-42-44-45-47-49-51-53-55-57-59-61-64-67-70-76(79)82-73-74(72-81-75(78)69-66-63-12-9-6-3)83-77(80)71-68-65-62-60-58-56-54-52-50-48-46-43-32-30-28-26-24-22-20-18-16-14-11-8-5-2/h26,28,74H,4-25,27,29-73H2,1-3H3/b28-26-. The van der Waals surface area contributed by atoms with Crippen molar-refractivity contribution in [2.75, 3.05) is 13.2 Å². The molecule has 6 heteroatoms. The number of ether oxygens (including phenoxy) is 3. The monoisotopic (exact) mass is 1170 g/mol. The topological polar surface area (TPSA) is 78.9 Å². The van der Waals surface area contributed by atoms with Gasteiger partial charge in [-0.15, -0.1) is 0 Å². The van der Waals surface area contributed by atoms with Gasteiger partial charge in [0, 0.05) is 19.3 Å². The SMILES string of the molecule is CCCCCCCCCC/C=C\CCCCCCCCCCCCCCCC(=O)OC(COC(=O)CCCCCCC)COC(=O)CCCCCCCCCCCCCCCCCCCCCCCCCCCCCCCCCCCCC. The summed E-state index contributed by atoms with van der Waals surface area (Å²) >= 11 is 0. The molecule has 83 heavy (non-hydrogen) atoms. The number of esters is 3. The molecule has 0 spiro atoms. The number of hydrogen-bond acceptors (Lipinski definition) is 6. The van der Waals surface area contributed by atoms with E-state index in [4.69, 9.17) is 14.2 Å². The summed E-state index contributed by atoms with van der Waals surface area (Å²) in [5.41, 5.74) is 0. The molecule has 492 valence electrons. The third-order valence-electron chi connectivity index (χ3n) is 17.8. The van der Waals surface area contributed by atoms with E-state index in [0.717, 1.165) is 64.2 Å². The van der Waals surface area contributed by atoms with Gasteiger partial charge in [-0.05, 0) is 44.9 Å². The molecule has 0 heterocycles. The number of rotatable bonds is 72. The number of carbonyl (C=O) groups excluding carboxylic acids is 3. The molecule has 0 saturated carbocycles. The molecule has 6 nitrogen and oxygen atoms in total. The highest BCUT2D eigenvalue weighted by atomic mass is 16.6. The van der Waals surface area contributed by atoms with Gasteiger partial charge in [-0.1, -0.05) is 392 Å². The van der Waals surface area contributed by atoms with Crippen LogP contribution in [0.15, 0.2) is 12.2 Å². The molecule has 0 amide bonds. The average Bonchev–Trinajstić information content (AvgIpc) is 3.49. The van der Waals surface area contributed by atoms with Gasteiger partial charge < -0.3 is 14.2 Å². The summed E-state index contributed by atoms with van der Waals surface area (Å²) in [5, 5.41) is 0. The first kappa shape index (κ1) is 81.2. The van der Waals surface area contributed by atoms with Crippen molar-refractivity contribution >= 4 is 17.9 Å². The summed E-state index contributed by atoms with van der Waals surface area (Å²) < 4.78 is 16.8. The van der Waals surface area contributed by atoms with E-state index in [1.807, 2.05) is 0 Å². The van der Waals surface area contributed by atoms with E-state index in [0.29, 0.717) is 19.3 Å². The molecule has 1 unspecified atom stereocenters. The zero-order valence-corrected chi connectivity index (χ0v) is 56.8. The minimum absolute atomic E-state index is 0.0644. The van der Waals surface area contributed by atoms with Crippen LogP contribution in [0.3, 0.4) is 0 Å². The van der Waals surface area contributed by atoms with E-state index < -0.39 is 6.10 Å². The van der Waals surface area contributed by atoms with Gasteiger partial charge in [-0.3, -0.25) is 14.4 Å². The lowest BCUT2D eigenvalue weighted by Gasteiger charge is -2.18. The first-order chi connectivity index (χ1) is 41.0. The van der Waals surface area contributed by atoms with Crippen molar-refractivity contribution in [1.82, 2.24) is 0 Å².